The molecule has 2 aromatic rings. The first-order chi connectivity index (χ1) is 10.2. The van der Waals surface area contributed by atoms with Crippen molar-refractivity contribution in [1.82, 2.24) is 5.32 Å². The van der Waals surface area contributed by atoms with Crippen molar-refractivity contribution in [2.75, 3.05) is 0 Å². The fourth-order valence-corrected chi connectivity index (χ4v) is 2.25. The van der Waals surface area contributed by atoms with Crippen LogP contribution in [-0.2, 0) is 4.79 Å². The van der Waals surface area contributed by atoms with Crippen LogP contribution in [-0.4, -0.2) is 11.9 Å². The third-order valence-corrected chi connectivity index (χ3v) is 3.66. The number of amides is 1. The number of halogens is 1. The van der Waals surface area contributed by atoms with E-state index < -0.39 is 6.10 Å². The van der Waals surface area contributed by atoms with E-state index in [9.17, 15) is 4.79 Å². The van der Waals surface area contributed by atoms with E-state index in [0.29, 0.717) is 16.8 Å². The second kappa shape index (κ2) is 6.19. The zero-order valence-corrected chi connectivity index (χ0v) is 12.2. The molecule has 0 aliphatic heterocycles. The normalized spacial score (nSPS) is 15.3. The molecule has 0 heterocycles. The molecule has 1 saturated carbocycles. The van der Waals surface area contributed by atoms with Gasteiger partial charge < -0.3 is 10.1 Å². The maximum atomic E-state index is 12.4. The minimum atomic E-state index is -0.688. The van der Waals surface area contributed by atoms with Crippen LogP contribution in [0.15, 0.2) is 54.6 Å². The van der Waals surface area contributed by atoms with Gasteiger partial charge in [-0.3, -0.25) is 4.79 Å². The van der Waals surface area contributed by atoms with Crippen LogP contribution in [0.4, 0.5) is 0 Å². The summed E-state index contributed by atoms with van der Waals surface area (Å²) in [7, 11) is 0. The summed E-state index contributed by atoms with van der Waals surface area (Å²) in [6.45, 7) is 0. The molecule has 0 unspecified atom stereocenters. The van der Waals surface area contributed by atoms with Gasteiger partial charge in [0.1, 0.15) is 5.75 Å². The average molecular weight is 302 g/mol. The highest BCUT2D eigenvalue weighted by molar-refractivity contribution is 6.32. The monoisotopic (exact) mass is 301 g/mol. The molecule has 0 saturated heterocycles. The number of carbonyl (C=O) groups excluding carboxylic acids is 1. The highest BCUT2D eigenvalue weighted by Crippen LogP contribution is 2.29. The summed E-state index contributed by atoms with van der Waals surface area (Å²) in [5, 5.41) is 3.48. The minimum Gasteiger partial charge on any atom is -0.474 e. The Labute approximate surface area is 128 Å². The van der Waals surface area contributed by atoms with Crippen molar-refractivity contribution < 1.29 is 9.53 Å². The second-order valence-corrected chi connectivity index (χ2v) is 5.53. The molecular weight excluding hydrogens is 286 g/mol. The molecule has 0 bridgehead atoms. The van der Waals surface area contributed by atoms with Crippen molar-refractivity contribution in [2.24, 2.45) is 0 Å². The van der Waals surface area contributed by atoms with E-state index in [2.05, 4.69) is 5.32 Å². The topological polar surface area (TPSA) is 38.3 Å². The first kappa shape index (κ1) is 14.0. The fraction of sp³-hybridized carbons (Fsp3) is 0.235. The third-order valence-electron chi connectivity index (χ3n) is 3.35. The summed E-state index contributed by atoms with van der Waals surface area (Å²) in [6.07, 6.45) is 1.39. The molecule has 3 nitrogen and oxygen atoms in total. The summed E-state index contributed by atoms with van der Waals surface area (Å²) in [5.74, 6) is 0.391. The Morgan fingerprint density at radius 2 is 1.76 bits per heavy atom. The zero-order chi connectivity index (χ0) is 14.7. The summed E-state index contributed by atoms with van der Waals surface area (Å²) >= 11 is 6.12. The molecule has 0 radical (unpaired) electrons. The first-order valence-electron chi connectivity index (χ1n) is 7.00. The van der Waals surface area contributed by atoms with Gasteiger partial charge in [-0.05, 0) is 25.0 Å². The highest BCUT2D eigenvalue weighted by atomic mass is 35.5. The maximum Gasteiger partial charge on any atom is 0.266 e. The van der Waals surface area contributed by atoms with Crippen molar-refractivity contribution in [3.05, 3.63) is 65.2 Å². The number of rotatable bonds is 5. The van der Waals surface area contributed by atoms with Crippen LogP contribution in [0, 0.1) is 0 Å². The molecule has 21 heavy (non-hydrogen) atoms. The van der Waals surface area contributed by atoms with Crippen molar-refractivity contribution >= 4 is 17.5 Å². The number of hydrogen-bond acceptors (Lipinski definition) is 2. The molecule has 1 fully saturated rings. The summed E-state index contributed by atoms with van der Waals surface area (Å²) < 4.78 is 5.88. The lowest BCUT2D eigenvalue weighted by Gasteiger charge is -2.19. The van der Waals surface area contributed by atoms with Gasteiger partial charge in [0.05, 0.1) is 5.02 Å². The quantitative estimate of drug-likeness (QED) is 0.913. The molecular formula is C17H16ClNO2. The van der Waals surface area contributed by atoms with Crippen LogP contribution in [0.5, 0.6) is 5.75 Å². The maximum absolute atomic E-state index is 12.4. The lowest BCUT2D eigenvalue weighted by atomic mass is 10.1. The Balaban J connectivity index is 1.85. The van der Waals surface area contributed by atoms with E-state index in [1.807, 2.05) is 42.5 Å². The van der Waals surface area contributed by atoms with E-state index in [1.54, 1.807) is 12.1 Å². The molecule has 1 N–H and O–H groups in total. The van der Waals surface area contributed by atoms with Crippen LogP contribution >= 0.6 is 11.6 Å². The molecule has 108 valence electrons. The molecule has 1 aliphatic rings. The van der Waals surface area contributed by atoms with Crippen LogP contribution in [0.1, 0.15) is 24.5 Å². The number of para-hydroxylation sites is 1. The van der Waals surface area contributed by atoms with Gasteiger partial charge in [0, 0.05) is 11.6 Å². The Hall–Kier alpha value is -2.00. The van der Waals surface area contributed by atoms with Gasteiger partial charge in [-0.15, -0.1) is 0 Å². The van der Waals surface area contributed by atoms with E-state index in [4.69, 9.17) is 16.3 Å². The summed E-state index contributed by atoms with van der Waals surface area (Å²) in [5.41, 5.74) is 0.815. The fourth-order valence-electron chi connectivity index (χ4n) is 2.07. The Morgan fingerprint density at radius 1 is 1.10 bits per heavy atom. The van der Waals surface area contributed by atoms with Crippen molar-refractivity contribution in [3.63, 3.8) is 0 Å². The number of carbonyl (C=O) groups is 1. The van der Waals surface area contributed by atoms with E-state index >= 15 is 0 Å². The van der Waals surface area contributed by atoms with Gasteiger partial charge in [0.2, 0.25) is 6.10 Å². The molecule has 2 aromatic carbocycles. The van der Waals surface area contributed by atoms with Crippen LogP contribution in [0.2, 0.25) is 5.02 Å². The smallest absolute Gasteiger partial charge is 0.266 e. The van der Waals surface area contributed by atoms with Crippen molar-refractivity contribution in [1.29, 1.82) is 0 Å². The average Bonchev–Trinajstić information content (AvgIpc) is 3.31. The molecule has 0 spiro atoms. The molecule has 3 rings (SSSR count). The van der Waals surface area contributed by atoms with E-state index in [0.717, 1.165) is 18.4 Å². The summed E-state index contributed by atoms with van der Waals surface area (Å²) in [4.78, 5) is 12.4. The Morgan fingerprint density at radius 3 is 2.43 bits per heavy atom. The van der Waals surface area contributed by atoms with E-state index in [1.165, 1.54) is 0 Å². The minimum absolute atomic E-state index is 0.122. The highest BCUT2D eigenvalue weighted by Gasteiger charge is 2.29. The second-order valence-electron chi connectivity index (χ2n) is 5.12. The lowest BCUT2D eigenvalue weighted by Crippen LogP contribution is -2.33. The molecule has 1 atom stereocenters. The Bertz CT molecular complexity index is 626. The van der Waals surface area contributed by atoms with Gasteiger partial charge >= 0.3 is 0 Å². The van der Waals surface area contributed by atoms with Crippen molar-refractivity contribution in [3.8, 4) is 5.75 Å². The lowest BCUT2D eigenvalue weighted by molar-refractivity contribution is -0.128. The number of nitrogens with one attached hydrogen (secondary N) is 1. The third kappa shape index (κ3) is 3.56. The predicted octanol–water partition coefficient (Wildman–Crippen LogP) is 3.74. The molecule has 1 aliphatic carbocycles. The summed E-state index contributed by atoms with van der Waals surface area (Å²) in [6, 6.07) is 16.9. The van der Waals surface area contributed by atoms with Gasteiger partial charge in [0.15, 0.2) is 0 Å². The predicted molar refractivity (Wildman–Crippen MR) is 82.4 cm³/mol. The number of hydrogen-bond donors (Lipinski definition) is 1. The van der Waals surface area contributed by atoms with Gasteiger partial charge in [0.25, 0.3) is 5.91 Å². The van der Waals surface area contributed by atoms with Crippen LogP contribution < -0.4 is 10.1 Å². The zero-order valence-electron chi connectivity index (χ0n) is 11.5. The molecule has 0 aromatic heterocycles. The van der Waals surface area contributed by atoms with Crippen LogP contribution in [0.3, 0.4) is 0 Å². The SMILES string of the molecule is O=C(NC1CC1)[C@H](Oc1ccccc1Cl)c1ccccc1. The van der Waals surface area contributed by atoms with E-state index in [-0.39, 0.29) is 5.91 Å². The van der Waals surface area contributed by atoms with Gasteiger partial charge in [-0.2, -0.15) is 0 Å². The van der Waals surface area contributed by atoms with Gasteiger partial charge in [-0.1, -0.05) is 54.1 Å². The number of benzene rings is 2. The Kier molecular flexibility index (Phi) is 4.11. The largest absolute Gasteiger partial charge is 0.474 e. The molecule has 4 heteroatoms. The van der Waals surface area contributed by atoms with Crippen LogP contribution in [0.25, 0.3) is 0 Å². The van der Waals surface area contributed by atoms with Crippen molar-refractivity contribution in [2.45, 2.75) is 25.0 Å². The number of ether oxygens (including phenoxy) is 1. The van der Waals surface area contributed by atoms with Gasteiger partial charge in [-0.25, -0.2) is 0 Å². The first-order valence-corrected chi connectivity index (χ1v) is 7.38. The standard InChI is InChI=1S/C17H16ClNO2/c18-14-8-4-5-9-15(14)21-16(12-6-2-1-3-7-12)17(20)19-13-10-11-13/h1-9,13,16H,10-11H2,(H,19,20)/t16-/m1/s1. The molecule has 1 amide bonds.